The first-order valence-electron chi connectivity index (χ1n) is 3.56. The molecule has 58 valence electrons. The SMILES string of the molecule is CCSC(=[18O])c1ccccc1. The summed E-state index contributed by atoms with van der Waals surface area (Å²) in [7, 11) is 0. The first kappa shape index (κ1) is 8.34. The molecule has 2 heteroatoms. The maximum atomic E-state index is 11.2. The van der Waals surface area contributed by atoms with Gasteiger partial charge >= 0.3 is 0 Å². The highest BCUT2D eigenvalue weighted by Crippen LogP contribution is 2.10. The Bertz CT molecular complexity index is 231. The Morgan fingerprint density at radius 1 is 1.36 bits per heavy atom. The predicted molar refractivity (Wildman–Crippen MR) is 48.9 cm³/mol. The molecular formula is C9H10OS. The van der Waals surface area contributed by atoms with Crippen molar-refractivity contribution < 1.29 is 4.79 Å². The summed E-state index contributed by atoms with van der Waals surface area (Å²) in [6, 6.07) is 9.34. The van der Waals surface area contributed by atoms with E-state index >= 15 is 0 Å². The second-order valence-corrected chi connectivity index (χ2v) is 3.32. The summed E-state index contributed by atoms with van der Waals surface area (Å²) in [6.07, 6.45) is 0. The van der Waals surface area contributed by atoms with Gasteiger partial charge in [-0.25, -0.2) is 0 Å². The highest BCUT2D eigenvalue weighted by Gasteiger charge is 2.01. The van der Waals surface area contributed by atoms with E-state index in [0.717, 1.165) is 11.3 Å². The number of carbonyl (C=O) groups is 1. The van der Waals surface area contributed by atoms with Crippen LogP contribution in [-0.4, -0.2) is 10.9 Å². The quantitative estimate of drug-likeness (QED) is 0.631. The van der Waals surface area contributed by atoms with Gasteiger partial charge in [-0.3, -0.25) is 4.79 Å². The third kappa shape index (κ3) is 2.39. The number of carbonyl (C=O) groups excluding carboxylic acids is 1. The fourth-order valence-corrected chi connectivity index (χ4v) is 1.35. The van der Waals surface area contributed by atoms with Crippen LogP contribution in [0.3, 0.4) is 0 Å². The molecule has 0 spiro atoms. The van der Waals surface area contributed by atoms with E-state index in [1.807, 2.05) is 37.3 Å². The van der Waals surface area contributed by atoms with Crippen molar-refractivity contribution in [2.45, 2.75) is 6.92 Å². The first-order valence-corrected chi connectivity index (χ1v) is 4.55. The molecule has 0 aliphatic heterocycles. The minimum absolute atomic E-state index is 0.160. The molecule has 0 unspecified atom stereocenters. The molecule has 0 saturated heterocycles. The van der Waals surface area contributed by atoms with Crippen molar-refractivity contribution in [3.63, 3.8) is 0 Å². The molecule has 0 fully saturated rings. The number of benzene rings is 1. The van der Waals surface area contributed by atoms with Crippen LogP contribution in [-0.2, 0) is 0 Å². The second kappa shape index (κ2) is 4.19. The second-order valence-electron chi connectivity index (χ2n) is 2.09. The molecule has 11 heavy (non-hydrogen) atoms. The van der Waals surface area contributed by atoms with E-state index in [0.29, 0.717) is 0 Å². The average Bonchev–Trinajstić information content (AvgIpc) is 2.07. The third-order valence-corrected chi connectivity index (χ3v) is 2.07. The van der Waals surface area contributed by atoms with E-state index in [2.05, 4.69) is 0 Å². The Morgan fingerprint density at radius 3 is 2.55 bits per heavy atom. The molecule has 0 aliphatic carbocycles. The molecular weight excluding hydrogens is 158 g/mol. The molecule has 0 atom stereocenters. The van der Waals surface area contributed by atoms with E-state index in [1.165, 1.54) is 11.8 Å². The van der Waals surface area contributed by atoms with Gasteiger partial charge in [0.25, 0.3) is 0 Å². The summed E-state index contributed by atoms with van der Waals surface area (Å²) < 4.78 is 0. The van der Waals surface area contributed by atoms with Crippen molar-refractivity contribution in [2.24, 2.45) is 0 Å². The van der Waals surface area contributed by atoms with Crippen LogP contribution in [0.15, 0.2) is 30.3 Å². The number of hydrogen-bond donors (Lipinski definition) is 0. The topological polar surface area (TPSA) is 17.1 Å². The molecule has 1 nitrogen and oxygen atoms in total. The van der Waals surface area contributed by atoms with Gasteiger partial charge in [0.15, 0.2) is 0 Å². The van der Waals surface area contributed by atoms with Gasteiger partial charge < -0.3 is 0 Å². The molecule has 0 N–H and O–H groups in total. The van der Waals surface area contributed by atoms with Crippen LogP contribution in [0.2, 0.25) is 0 Å². The zero-order chi connectivity index (χ0) is 8.10. The molecule has 0 bridgehead atoms. The van der Waals surface area contributed by atoms with Crippen LogP contribution >= 0.6 is 11.8 Å². The lowest BCUT2D eigenvalue weighted by Gasteiger charge is -1.95. The van der Waals surface area contributed by atoms with Gasteiger partial charge in [0.2, 0.25) is 5.12 Å². The van der Waals surface area contributed by atoms with E-state index < -0.39 is 0 Å². The summed E-state index contributed by atoms with van der Waals surface area (Å²) in [5, 5.41) is 0.160. The Morgan fingerprint density at radius 2 is 2.00 bits per heavy atom. The zero-order valence-electron chi connectivity index (χ0n) is 6.41. The maximum absolute atomic E-state index is 11.2. The molecule has 1 rings (SSSR count). The molecule has 0 saturated carbocycles. The summed E-state index contributed by atoms with van der Waals surface area (Å²) >= 11 is 1.35. The van der Waals surface area contributed by atoms with Gasteiger partial charge in [0, 0.05) is 5.56 Å². The first-order chi connectivity index (χ1) is 5.34. The maximum Gasteiger partial charge on any atom is 0.219 e. The van der Waals surface area contributed by atoms with Crippen LogP contribution in [0.1, 0.15) is 17.3 Å². The van der Waals surface area contributed by atoms with Gasteiger partial charge in [-0.15, -0.1) is 0 Å². The largest absolute Gasteiger partial charge is 0.282 e. The van der Waals surface area contributed by atoms with Crippen molar-refractivity contribution in [1.29, 1.82) is 0 Å². The predicted octanol–water partition coefficient (Wildman–Crippen LogP) is 2.58. The van der Waals surface area contributed by atoms with Crippen molar-refractivity contribution in [2.75, 3.05) is 5.75 Å². The van der Waals surface area contributed by atoms with Crippen molar-refractivity contribution in [1.82, 2.24) is 0 Å². The zero-order valence-corrected chi connectivity index (χ0v) is 7.23. The minimum Gasteiger partial charge on any atom is -0.282 e. The van der Waals surface area contributed by atoms with Crippen LogP contribution in [0, 0.1) is 0 Å². The molecule has 0 amide bonds. The highest BCUT2D eigenvalue weighted by molar-refractivity contribution is 8.14. The van der Waals surface area contributed by atoms with E-state index in [4.69, 9.17) is 0 Å². The van der Waals surface area contributed by atoms with E-state index in [9.17, 15) is 4.79 Å². The standard InChI is InChI=1S/C9H10OS/c1-2-11-9(10)8-6-4-3-5-7-8/h3-7H,2H2,1H3/i10+2. The number of rotatable bonds is 2. The summed E-state index contributed by atoms with van der Waals surface area (Å²) in [5.74, 6) is 0.841. The van der Waals surface area contributed by atoms with Crippen LogP contribution in [0.25, 0.3) is 0 Å². The molecule has 0 heterocycles. The van der Waals surface area contributed by atoms with Crippen molar-refractivity contribution in [3.8, 4) is 0 Å². The van der Waals surface area contributed by atoms with Crippen LogP contribution in [0.5, 0.6) is 0 Å². The summed E-state index contributed by atoms with van der Waals surface area (Å²) in [5.41, 5.74) is 0.791. The minimum atomic E-state index is 0.160. The van der Waals surface area contributed by atoms with E-state index in [-0.39, 0.29) is 5.12 Å². The molecule has 1 aromatic rings. The van der Waals surface area contributed by atoms with Gasteiger partial charge in [-0.2, -0.15) is 0 Å². The Hall–Kier alpha value is -0.760. The monoisotopic (exact) mass is 168 g/mol. The van der Waals surface area contributed by atoms with Gasteiger partial charge in [0.05, 0.1) is 0 Å². The summed E-state index contributed by atoms with van der Waals surface area (Å²) in [6.45, 7) is 1.98. The van der Waals surface area contributed by atoms with Crippen molar-refractivity contribution >= 4 is 16.9 Å². The third-order valence-electron chi connectivity index (χ3n) is 1.28. The Balaban J connectivity index is 2.69. The molecule has 0 radical (unpaired) electrons. The lowest BCUT2D eigenvalue weighted by atomic mass is 10.2. The lowest BCUT2D eigenvalue weighted by Crippen LogP contribution is -1.91. The molecule has 1 aromatic carbocycles. The van der Waals surface area contributed by atoms with Crippen molar-refractivity contribution in [3.05, 3.63) is 35.9 Å². The average molecular weight is 168 g/mol. The lowest BCUT2D eigenvalue weighted by molar-refractivity contribution is 0.108. The number of thioether (sulfide) groups is 1. The molecule has 0 aromatic heterocycles. The Kier molecular flexibility index (Phi) is 3.17. The highest BCUT2D eigenvalue weighted by atomic mass is 32.2. The fraction of sp³-hybridized carbons (Fsp3) is 0.222. The van der Waals surface area contributed by atoms with Gasteiger partial charge in [0.1, 0.15) is 0 Å². The van der Waals surface area contributed by atoms with E-state index in [1.54, 1.807) is 0 Å². The Labute approximate surface area is 70.8 Å². The molecule has 0 aliphatic rings. The van der Waals surface area contributed by atoms with Crippen LogP contribution in [0.4, 0.5) is 0 Å². The van der Waals surface area contributed by atoms with Gasteiger partial charge in [-0.1, -0.05) is 49.0 Å². The smallest absolute Gasteiger partial charge is 0.219 e. The summed E-state index contributed by atoms with van der Waals surface area (Å²) in [4.78, 5) is 11.2. The van der Waals surface area contributed by atoms with Gasteiger partial charge in [-0.05, 0) is 5.75 Å². The number of hydrogen-bond acceptors (Lipinski definition) is 2. The fourth-order valence-electron chi connectivity index (χ4n) is 0.789. The normalized spacial score (nSPS) is 9.55. The van der Waals surface area contributed by atoms with Crippen LogP contribution < -0.4 is 0 Å².